The first kappa shape index (κ1) is 17.9. The molecule has 1 aliphatic heterocycles. The standard InChI is InChI=1S/C17H26N2O3S/c1-4-17(2,3)14-5-7-15(8-6-14)23(21,22)19-11-9-13(10-12-19)16(18)20/h5-8,13H,4,9-12H2,1-3H3,(H2,18,20). The van der Waals surface area contributed by atoms with E-state index < -0.39 is 10.0 Å². The largest absolute Gasteiger partial charge is 0.369 e. The fourth-order valence-corrected chi connectivity index (χ4v) is 4.28. The van der Waals surface area contributed by atoms with E-state index in [0.29, 0.717) is 30.8 Å². The molecule has 2 rings (SSSR count). The highest BCUT2D eigenvalue weighted by Gasteiger charge is 2.31. The van der Waals surface area contributed by atoms with Gasteiger partial charge in [0.1, 0.15) is 0 Å². The summed E-state index contributed by atoms with van der Waals surface area (Å²) >= 11 is 0. The normalized spacial score (nSPS) is 18.0. The molecule has 0 saturated carbocycles. The second kappa shape index (κ2) is 6.61. The van der Waals surface area contributed by atoms with Crippen molar-refractivity contribution in [3.63, 3.8) is 0 Å². The molecule has 0 unspecified atom stereocenters. The molecule has 1 fully saturated rings. The van der Waals surface area contributed by atoms with E-state index >= 15 is 0 Å². The van der Waals surface area contributed by atoms with Crippen molar-refractivity contribution in [3.05, 3.63) is 29.8 Å². The lowest BCUT2D eigenvalue weighted by atomic mass is 9.82. The molecular formula is C17H26N2O3S. The molecule has 0 atom stereocenters. The summed E-state index contributed by atoms with van der Waals surface area (Å²) < 4.78 is 26.9. The fraction of sp³-hybridized carbons (Fsp3) is 0.588. The van der Waals surface area contributed by atoms with Gasteiger partial charge in [0.15, 0.2) is 0 Å². The maximum Gasteiger partial charge on any atom is 0.243 e. The highest BCUT2D eigenvalue weighted by Crippen LogP contribution is 2.29. The molecule has 0 aliphatic carbocycles. The van der Waals surface area contributed by atoms with Gasteiger partial charge in [0, 0.05) is 19.0 Å². The van der Waals surface area contributed by atoms with E-state index in [1.165, 1.54) is 4.31 Å². The number of nitrogens with two attached hydrogens (primary N) is 1. The van der Waals surface area contributed by atoms with Gasteiger partial charge in [0.25, 0.3) is 0 Å². The maximum absolute atomic E-state index is 12.7. The molecule has 1 saturated heterocycles. The molecule has 0 radical (unpaired) electrons. The van der Waals surface area contributed by atoms with Gasteiger partial charge in [-0.15, -0.1) is 0 Å². The minimum Gasteiger partial charge on any atom is -0.369 e. The number of nitrogens with zero attached hydrogens (tertiary/aromatic N) is 1. The third-order valence-corrected chi connectivity index (χ3v) is 6.93. The van der Waals surface area contributed by atoms with Crippen molar-refractivity contribution in [3.8, 4) is 0 Å². The summed E-state index contributed by atoms with van der Waals surface area (Å²) in [4.78, 5) is 11.5. The number of rotatable bonds is 5. The SMILES string of the molecule is CCC(C)(C)c1ccc(S(=O)(=O)N2CCC(C(N)=O)CC2)cc1. The summed E-state index contributed by atoms with van der Waals surface area (Å²) in [5, 5.41) is 0. The van der Waals surface area contributed by atoms with Crippen LogP contribution in [-0.4, -0.2) is 31.7 Å². The maximum atomic E-state index is 12.7. The number of benzene rings is 1. The Labute approximate surface area is 138 Å². The van der Waals surface area contributed by atoms with Gasteiger partial charge >= 0.3 is 0 Å². The Morgan fingerprint density at radius 3 is 2.17 bits per heavy atom. The second-order valence-corrected chi connectivity index (χ2v) is 8.78. The van der Waals surface area contributed by atoms with Crippen molar-refractivity contribution in [2.24, 2.45) is 11.7 Å². The summed E-state index contributed by atoms with van der Waals surface area (Å²) in [6.07, 6.45) is 1.98. The van der Waals surface area contributed by atoms with Crippen LogP contribution in [0.1, 0.15) is 45.6 Å². The number of piperidine rings is 1. The van der Waals surface area contributed by atoms with Crippen LogP contribution in [-0.2, 0) is 20.2 Å². The van der Waals surface area contributed by atoms with Gasteiger partial charge in [0.05, 0.1) is 4.90 Å². The van der Waals surface area contributed by atoms with E-state index in [9.17, 15) is 13.2 Å². The molecule has 1 heterocycles. The van der Waals surface area contributed by atoms with Crippen molar-refractivity contribution < 1.29 is 13.2 Å². The van der Waals surface area contributed by atoms with Gasteiger partial charge in [-0.1, -0.05) is 32.9 Å². The van der Waals surface area contributed by atoms with Gasteiger partial charge in [-0.25, -0.2) is 8.42 Å². The van der Waals surface area contributed by atoms with Gasteiger partial charge in [0.2, 0.25) is 15.9 Å². The number of hydrogen-bond acceptors (Lipinski definition) is 3. The van der Waals surface area contributed by atoms with Crippen LogP contribution in [0.5, 0.6) is 0 Å². The Morgan fingerprint density at radius 2 is 1.74 bits per heavy atom. The molecule has 128 valence electrons. The Kier molecular flexibility index (Phi) is 5.16. The minimum absolute atomic E-state index is 0.0299. The Bertz CT molecular complexity index is 658. The topological polar surface area (TPSA) is 80.5 Å². The van der Waals surface area contributed by atoms with Crippen LogP contribution in [0.3, 0.4) is 0 Å². The van der Waals surface area contributed by atoms with Crippen LogP contribution >= 0.6 is 0 Å². The molecule has 1 aromatic rings. The number of carbonyl (C=O) groups excluding carboxylic acids is 1. The number of carbonyl (C=O) groups is 1. The lowest BCUT2D eigenvalue weighted by molar-refractivity contribution is -0.122. The quantitative estimate of drug-likeness (QED) is 0.894. The third-order valence-electron chi connectivity index (χ3n) is 5.01. The number of sulfonamides is 1. The molecule has 6 heteroatoms. The Morgan fingerprint density at radius 1 is 1.22 bits per heavy atom. The zero-order valence-electron chi connectivity index (χ0n) is 14.1. The van der Waals surface area contributed by atoms with Crippen molar-refractivity contribution in [1.82, 2.24) is 4.31 Å². The zero-order valence-corrected chi connectivity index (χ0v) is 14.9. The predicted molar refractivity (Wildman–Crippen MR) is 90.4 cm³/mol. The van der Waals surface area contributed by atoms with Gasteiger partial charge in [-0.3, -0.25) is 4.79 Å². The summed E-state index contributed by atoms with van der Waals surface area (Å²) in [5.41, 5.74) is 6.46. The third kappa shape index (κ3) is 3.75. The van der Waals surface area contributed by atoms with Gasteiger partial charge in [-0.2, -0.15) is 4.31 Å². The highest BCUT2D eigenvalue weighted by atomic mass is 32.2. The number of hydrogen-bond donors (Lipinski definition) is 1. The minimum atomic E-state index is -3.50. The second-order valence-electron chi connectivity index (χ2n) is 6.84. The van der Waals surface area contributed by atoms with Crippen molar-refractivity contribution in [1.29, 1.82) is 0 Å². The molecule has 0 bridgehead atoms. The zero-order chi connectivity index (χ0) is 17.3. The molecule has 1 aromatic carbocycles. The van der Waals surface area contributed by atoms with Crippen molar-refractivity contribution in [2.45, 2.75) is 50.3 Å². The molecular weight excluding hydrogens is 312 g/mol. The molecule has 1 amide bonds. The van der Waals surface area contributed by atoms with Crippen LogP contribution in [0.2, 0.25) is 0 Å². The fourth-order valence-electron chi connectivity index (χ4n) is 2.81. The Hall–Kier alpha value is -1.40. The smallest absolute Gasteiger partial charge is 0.243 e. The first-order valence-corrected chi connectivity index (χ1v) is 9.52. The monoisotopic (exact) mass is 338 g/mol. The molecule has 2 N–H and O–H groups in total. The van der Waals surface area contributed by atoms with Crippen LogP contribution in [0.4, 0.5) is 0 Å². The molecule has 1 aliphatic rings. The van der Waals surface area contributed by atoms with Crippen LogP contribution in [0.25, 0.3) is 0 Å². The van der Waals surface area contributed by atoms with E-state index in [-0.39, 0.29) is 17.2 Å². The van der Waals surface area contributed by atoms with Crippen LogP contribution < -0.4 is 5.73 Å². The predicted octanol–water partition coefficient (Wildman–Crippen LogP) is 2.26. The van der Waals surface area contributed by atoms with E-state index in [1.54, 1.807) is 12.1 Å². The first-order valence-electron chi connectivity index (χ1n) is 8.08. The van der Waals surface area contributed by atoms with E-state index in [0.717, 1.165) is 12.0 Å². The summed E-state index contributed by atoms with van der Waals surface area (Å²) in [5.74, 6) is -0.553. The van der Waals surface area contributed by atoms with Gasteiger partial charge < -0.3 is 5.73 Å². The number of amides is 1. The Balaban J connectivity index is 2.16. The van der Waals surface area contributed by atoms with Crippen LogP contribution in [0.15, 0.2) is 29.2 Å². The molecule has 0 aromatic heterocycles. The van der Waals surface area contributed by atoms with Crippen molar-refractivity contribution >= 4 is 15.9 Å². The van der Waals surface area contributed by atoms with E-state index in [2.05, 4.69) is 20.8 Å². The summed E-state index contributed by atoms with van der Waals surface area (Å²) in [6.45, 7) is 7.10. The lowest BCUT2D eigenvalue weighted by Gasteiger charge is -2.30. The van der Waals surface area contributed by atoms with Crippen molar-refractivity contribution in [2.75, 3.05) is 13.1 Å². The number of primary amides is 1. The highest BCUT2D eigenvalue weighted by molar-refractivity contribution is 7.89. The summed E-state index contributed by atoms with van der Waals surface area (Å²) in [7, 11) is -3.50. The van der Waals surface area contributed by atoms with E-state index in [4.69, 9.17) is 5.73 Å². The van der Waals surface area contributed by atoms with E-state index in [1.807, 2.05) is 12.1 Å². The summed E-state index contributed by atoms with van der Waals surface area (Å²) in [6, 6.07) is 7.16. The molecule has 0 spiro atoms. The van der Waals surface area contributed by atoms with Crippen LogP contribution in [0, 0.1) is 5.92 Å². The molecule has 23 heavy (non-hydrogen) atoms. The lowest BCUT2D eigenvalue weighted by Crippen LogP contribution is -2.41. The first-order chi connectivity index (χ1) is 10.7. The molecule has 5 nitrogen and oxygen atoms in total. The average Bonchev–Trinajstić information content (AvgIpc) is 2.55. The van der Waals surface area contributed by atoms with Gasteiger partial charge in [-0.05, 0) is 42.4 Å². The average molecular weight is 338 g/mol.